The van der Waals surface area contributed by atoms with E-state index in [0.29, 0.717) is 22.9 Å². The molecule has 0 aliphatic rings. The first kappa shape index (κ1) is 12.6. The van der Waals surface area contributed by atoms with E-state index in [4.69, 9.17) is 21.1 Å². The lowest BCUT2D eigenvalue weighted by Crippen LogP contribution is -1.95. The fourth-order valence-corrected chi connectivity index (χ4v) is 1.47. The molecule has 0 aliphatic carbocycles. The van der Waals surface area contributed by atoms with Gasteiger partial charge in [-0.2, -0.15) is 0 Å². The van der Waals surface area contributed by atoms with Gasteiger partial charge in [0.2, 0.25) is 0 Å². The van der Waals surface area contributed by atoms with E-state index < -0.39 is 0 Å². The molecule has 1 rings (SSSR count). The zero-order chi connectivity index (χ0) is 12.0. The van der Waals surface area contributed by atoms with E-state index in [2.05, 4.69) is 0 Å². The minimum Gasteiger partial charge on any atom is -0.493 e. The molecule has 4 heteroatoms. The second-order valence-electron chi connectivity index (χ2n) is 3.02. The summed E-state index contributed by atoms with van der Waals surface area (Å²) in [5, 5.41) is 0. The lowest BCUT2D eigenvalue weighted by atomic mass is 10.1. The van der Waals surface area contributed by atoms with Gasteiger partial charge in [-0.3, -0.25) is 4.79 Å². The predicted molar refractivity (Wildman–Crippen MR) is 64.7 cm³/mol. The molecule has 1 aromatic rings. The van der Waals surface area contributed by atoms with Crippen molar-refractivity contribution in [1.29, 1.82) is 0 Å². The number of carbonyl (C=O) groups is 1. The topological polar surface area (TPSA) is 35.5 Å². The molecule has 3 nitrogen and oxygen atoms in total. The van der Waals surface area contributed by atoms with E-state index in [-0.39, 0.29) is 0 Å². The summed E-state index contributed by atoms with van der Waals surface area (Å²) in [5.74, 6) is 1.52. The van der Waals surface area contributed by atoms with Crippen LogP contribution in [0.1, 0.15) is 15.9 Å². The Morgan fingerprint density at radius 1 is 1.31 bits per heavy atom. The van der Waals surface area contributed by atoms with Crippen LogP contribution in [0.2, 0.25) is 0 Å². The SMILES string of the molecule is COc1cc(C=O)cc(C=CCCl)c1OC. The number of allylic oxidation sites excluding steroid dienone is 1. The summed E-state index contributed by atoms with van der Waals surface area (Å²) in [6.45, 7) is 0. The second kappa shape index (κ2) is 6.18. The molecule has 0 atom stereocenters. The zero-order valence-corrected chi connectivity index (χ0v) is 9.95. The Kier molecular flexibility index (Phi) is 4.86. The smallest absolute Gasteiger partial charge is 0.167 e. The Hall–Kier alpha value is -1.48. The summed E-state index contributed by atoms with van der Waals surface area (Å²) in [6.07, 6.45) is 4.33. The van der Waals surface area contributed by atoms with Crippen molar-refractivity contribution >= 4 is 24.0 Å². The van der Waals surface area contributed by atoms with E-state index >= 15 is 0 Å². The van der Waals surface area contributed by atoms with E-state index in [1.165, 1.54) is 7.11 Å². The Balaban J connectivity index is 3.30. The molecular weight excluding hydrogens is 228 g/mol. The van der Waals surface area contributed by atoms with Crippen molar-refractivity contribution in [3.63, 3.8) is 0 Å². The number of ether oxygens (including phenoxy) is 2. The molecule has 0 aliphatic heterocycles. The Morgan fingerprint density at radius 3 is 2.56 bits per heavy atom. The van der Waals surface area contributed by atoms with E-state index in [1.54, 1.807) is 31.4 Å². The standard InChI is InChI=1S/C12H13ClO3/c1-15-11-7-9(8-14)6-10(4-3-5-13)12(11)16-2/h3-4,6-8H,5H2,1-2H3. The van der Waals surface area contributed by atoms with Crippen LogP contribution in [-0.4, -0.2) is 26.4 Å². The first-order chi connectivity index (χ1) is 7.76. The van der Waals surface area contributed by atoms with Crippen molar-refractivity contribution in [2.75, 3.05) is 20.1 Å². The average Bonchev–Trinajstić information content (AvgIpc) is 2.34. The number of halogens is 1. The largest absolute Gasteiger partial charge is 0.493 e. The maximum atomic E-state index is 10.8. The quantitative estimate of drug-likeness (QED) is 0.587. The van der Waals surface area contributed by atoms with Gasteiger partial charge >= 0.3 is 0 Å². The van der Waals surface area contributed by atoms with Gasteiger partial charge in [0.25, 0.3) is 0 Å². The molecule has 0 spiro atoms. The lowest BCUT2D eigenvalue weighted by Gasteiger charge is -2.11. The monoisotopic (exact) mass is 240 g/mol. The van der Waals surface area contributed by atoms with Gasteiger partial charge in [0.15, 0.2) is 11.5 Å². The number of aldehydes is 1. The Morgan fingerprint density at radius 2 is 2.06 bits per heavy atom. The highest BCUT2D eigenvalue weighted by Gasteiger charge is 2.09. The minimum absolute atomic E-state index is 0.400. The Labute approximate surface area is 99.6 Å². The third-order valence-corrected chi connectivity index (χ3v) is 2.23. The number of methoxy groups -OCH3 is 2. The van der Waals surface area contributed by atoms with Crippen molar-refractivity contribution in [3.8, 4) is 11.5 Å². The van der Waals surface area contributed by atoms with Crippen LogP contribution < -0.4 is 9.47 Å². The fraction of sp³-hybridized carbons (Fsp3) is 0.250. The molecule has 0 saturated heterocycles. The van der Waals surface area contributed by atoms with Gasteiger partial charge in [-0.25, -0.2) is 0 Å². The summed E-state index contributed by atoms with van der Waals surface area (Å²) in [4.78, 5) is 10.8. The summed E-state index contributed by atoms with van der Waals surface area (Å²) in [7, 11) is 3.08. The molecule has 1 aromatic carbocycles. The van der Waals surface area contributed by atoms with Crippen LogP contribution in [0, 0.1) is 0 Å². The number of hydrogen-bond acceptors (Lipinski definition) is 3. The van der Waals surface area contributed by atoms with Gasteiger partial charge in [-0.1, -0.05) is 12.2 Å². The summed E-state index contributed by atoms with van der Waals surface area (Å²) in [5.41, 5.74) is 1.30. The van der Waals surface area contributed by atoms with Crippen LogP contribution >= 0.6 is 11.6 Å². The van der Waals surface area contributed by atoms with E-state index in [0.717, 1.165) is 11.8 Å². The Bertz CT molecular complexity index is 399. The van der Waals surface area contributed by atoms with Crippen molar-refractivity contribution in [2.24, 2.45) is 0 Å². The van der Waals surface area contributed by atoms with E-state index in [9.17, 15) is 4.79 Å². The predicted octanol–water partition coefficient (Wildman–Crippen LogP) is 2.77. The molecule has 0 bridgehead atoms. The van der Waals surface area contributed by atoms with Gasteiger partial charge in [-0.05, 0) is 12.1 Å². The molecule has 0 saturated carbocycles. The molecule has 0 N–H and O–H groups in total. The first-order valence-corrected chi connectivity index (χ1v) is 5.24. The lowest BCUT2D eigenvalue weighted by molar-refractivity contribution is 0.112. The van der Waals surface area contributed by atoms with Crippen LogP contribution in [0.15, 0.2) is 18.2 Å². The molecule has 16 heavy (non-hydrogen) atoms. The van der Waals surface area contributed by atoms with Gasteiger partial charge in [0.1, 0.15) is 6.29 Å². The molecule has 0 unspecified atom stereocenters. The molecule has 0 heterocycles. The highest BCUT2D eigenvalue weighted by Crippen LogP contribution is 2.33. The highest BCUT2D eigenvalue weighted by atomic mass is 35.5. The maximum Gasteiger partial charge on any atom is 0.167 e. The molecule has 0 radical (unpaired) electrons. The molecular formula is C12H13ClO3. The van der Waals surface area contributed by atoms with E-state index in [1.807, 2.05) is 0 Å². The fourth-order valence-electron chi connectivity index (χ4n) is 1.38. The van der Waals surface area contributed by atoms with Crippen LogP contribution in [-0.2, 0) is 0 Å². The average molecular weight is 241 g/mol. The normalized spacial score (nSPS) is 10.4. The number of carbonyl (C=O) groups excluding carboxylic acids is 1. The van der Waals surface area contributed by atoms with Crippen molar-refractivity contribution in [2.45, 2.75) is 0 Å². The maximum absolute atomic E-state index is 10.8. The van der Waals surface area contributed by atoms with Crippen molar-refractivity contribution in [3.05, 3.63) is 29.3 Å². The van der Waals surface area contributed by atoms with Crippen LogP contribution in [0.4, 0.5) is 0 Å². The van der Waals surface area contributed by atoms with Crippen LogP contribution in [0.3, 0.4) is 0 Å². The summed E-state index contributed by atoms with van der Waals surface area (Å²) in [6, 6.07) is 3.35. The van der Waals surface area contributed by atoms with Gasteiger partial charge < -0.3 is 9.47 Å². The highest BCUT2D eigenvalue weighted by molar-refractivity contribution is 6.19. The molecule has 0 amide bonds. The summed E-state index contributed by atoms with van der Waals surface area (Å²) < 4.78 is 10.4. The number of hydrogen-bond donors (Lipinski definition) is 0. The molecule has 86 valence electrons. The molecule has 0 fully saturated rings. The zero-order valence-electron chi connectivity index (χ0n) is 9.20. The third kappa shape index (κ3) is 2.76. The van der Waals surface area contributed by atoms with Gasteiger partial charge in [0, 0.05) is 17.0 Å². The van der Waals surface area contributed by atoms with Gasteiger partial charge in [-0.15, -0.1) is 11.6 Å². The van der Waals surface area contributed by atoms with Crippen LogP contribution in [0.25, 0.3) is 6.08 Å². The van der Waals surface area contributed by atoms with Crippen molar-refractivity contribution in [1.82, 2.24) is 0 Å². The first-order valence-electron chi connectivity index (χ1n) is 4.70. The number of benzene rings is 1. The summed E-state index contributed by atoms with van der Waals surface area (Å²) >= 11 is 5.57. The third-order valence-electron chi connectivity index (χ3n) is 2.05. The molecule has 0 aromatic heterocycles. The van der Waals surface area contributed by atoms with Crippen LogP contribution in [0.5, 0.6) is 11.5 Å². The number of alkyl halides is 1. The number of rotatable bonds is 5. The second-order valence-corrected chi connectivity index (χ2v) is 3.33. The van der Waals surface area contributed by atoms with Crippen molar-refractivity contribution < 1.29 is 14.3 Å². The minimum atomic E-state index is 0.400. The van der Waals surface area contributed by atoms with Gasteiger partial charge in [0.05, 0.1) is 14.2 Å².